The number of piperidine rings is 1. The molecule has 22 heavy (non-hydrogen) atoms. The Hall–Kier alpha value is -1.49. The molecule has 0 saturated carbocycles. The zero-order valence-electron chi connectivity index (χ0n) is 13.1. The highest BCUT2D eigenvalue weighted by Gasteiger charge is 2.36. The third-order valence-corrected chi connectivity index (χ3v) is 5.02. The van der Waals surface area contributed by atoms with Crippen LogP contribution in [0.4, 0.5) is 8.78 Å². The molecule has 1 aromatic rings. The maximum Gasteiger partial charge on any atom is 0.230 e. The Balaban J connectivity index is 2.10. The zero-order valence-corrected chi connectivity index (χ0v) is 13.1. The van der Waals surface area contributed by atoms with Gasteiger partial charge in [-0.05, 0) is 43.7 Å². The molecule has 0 bridgehead atoms. The van der Waals surface area contributed by atoms with Gasteiger partial charge in [-0.2, -0.15) is 0 Å². The van der Waals surface area contributed by atoms with Crippen LogP contribution in [-0.4, -0.2) is 35.6 Å². The minimum Gasteiger partial charge on any atom is -0.396 e. The van der Waals surface area contributed by atoms with Crippen molar-refractivity contribution in [2.45, 2.75) is 39.0 Å². The summed E-state index contributed by atoms with van der Waals surface area (Å²) in [6.45, 7) is 4.73. The molecule has 1 unspecified atom stereocenters. The van der Waals surface area contributed by atoms with Crippen LogP contribution >= 0.6 is 0 Å². The van der Waals surface area contributed by atoms with E-state index in [4.69, 9.17) is 0 Å². The van der Waals surface area contributed by atoms with Gasteiger partial charge in [0.2, 0.25) is 5.91 Å². The number of benzene rings is 1. The van der Waals surface area contributed by atoms with Gasteiger partial charge in [0.25, 0.3) is 0 Å². The molecule has 1 heterocycles. The number of amides is 1. The first-order chi connectivity index (χ1) is 10.4. The molecule has 0 aromatic heterocycles. The summed E-state index contributed by atoms with van der Waals surface area (Å²) in [6, 6.07) is 3.64. The van der Waals surface area contributed by atoms with Gasteiger partial charge < -0.3 is 10.0 Å². The van der Waals surface area contributed by atoms with Crippen LogP contribution in [0.1, 0.15) is 44.6 Å². The van der Waals surface area contributed by atoms with Crippen molar-refractivity contribution in [3.8, 4) is 0 Å². The molecule has 1 amide bonds. The van der Waals surface area contributed by atoms with Crippen LogP contribution in [0.5, 0.6) is 0 Å². The van der Waals surface area contributed by atoms with Gasteiger partial charge in [-0.1, -0.05) is 13.0 Å². The molecular formula is C17H23F2NO2. The van der Waals surface area contributed by atoms with E-state index in [1.54, 1.807) is 4.90 Å². The second kappa shape index (κ2) is 6.73. The summed E-state index contributed by atoms with van der Waals surface area (Å²) >= 11 is 0. The van der Waals surface area contributed by atoms with E-state index in [1.807, 2.05) is 6.92 Å². The molecule has 1 atom stereocenters. The Labute approximate surface area is 129 Å². The van der Waals surface area contributed by atoms with Gasteiger partial charge in [0.15, 0.2) is 0 Å². The Bertz CT molecular complexity index is 513. The Morgan fingerprint density at radius 1 is 1.32 bits per heavy atom. The maximum atomic E-state index is 13.8. The summed E-state index contributed by atoms with van der Waals surface area (Å²) in [4.78, 5) is 14.2. The zero-order chi connectivity index (χ0) is 16.3. The number of carbonyl (C=O) groups is 1. The molecule has 5 heteroatoms. The van der Waals surface area contributed by atoms with Gasteiger partial charge in [-0.15, -0.1) is 0 Å². The van der Waals surface area contributed by atoms with E-state index in [9.17, 15) is 18.7 Å². The predicted octanol–water partition coefficient (Wildman–Crippen LogP) is 3.08. The van der Waals surface area contributed by atoms with Gasteiger partial charge in [0.1, 0.15) is 11.6 Å². The molecule has 0 aliphatic carbocycles. The first-order valence-electron chi connectivity index (χ1n) is 7.77. The second-order valence-corrected chi connectivity index (χ2v) is 6.19. The van der Waals surface area contributed by atoms with Crippen molar-refractivity contribution in [1.29, 1.82) is 0 Å². The second-order valence-electron chi connectivity index (χ2n) is 6.19. The van der Waals surface area contributed by atoms with Crippen molar-refractivity contribution >= 4 is 5.91 Å². The molecule has 2 rings (SSSR count). The minimum atomic E-state index is -0.843. The smallest absolute Gasteiger partial charge is 0.230 e. The fourth-order valence-corrected chi connectivity index (χ4v) is 3.15. The Morgan fingerprint density at radius 2 is 1.86 bits per heavy atom. The first-order valence-corrected chi connectivity index (χ1v) is 7.77. The van der Waals surface area contributed by atoms with Crippen LogP contribution < -0.4 is 0 Å². The normalized spacial score (nSPS) is 19.0. The standard InChI is InChI=1S/C17H23F2NO2/c1-3-17(11-21)7-9-20(10-8-17)16(22)12(2)15-13(18)5-4-6-14(15)19/h4-6,12,21H,3,7-11H2,1-2H3. The number of aliphatic hydroxyl groups excluding tert-OH is 1. The summed E-state index contributed by atoms with van der Waals surface area (Å²) in [5.74, 6) is -2.47. The molecule has 3 nitrogen and oxygen atoms in total. The lowest BCUT2D eigenvalue weighted by Gasteiger charge is -2.41. The van der Waals surface area contributed by atoms with Gasteiger partial charge >= 0.3 is 0 Å². The fraction of sp³-hybridized carbons (Fsp3) is 0.588. The largest absolute Gasteiger partial charge is 0.396 e. The molecule has 1 N–H and O–H groups in total. The first kappa shape index (κ1) is 16.9. The summed E-state index contributed by atoms with van der Waals surface area (Å²) < 4.78 is 27.6. The van der Waals surface area contributed by atoms with Crippen molar-refractivity contribution in [2.75, 3.05) is 19.7 Å². The lowest BCUT2D eigenvalue weighted by molar-refractivity contribution is -0.135. The van der Waals surface area contributed by atoms with E-state index >= 15 is 0 Å². The van der Waals surface area contributed by atoms with Gasteiger partial charge in [-0.3, -0.25) is 4.79 Å². The number of likely N-dealkylation sites (tertiary alicyclic amines) is 1. The van der Waals surface area contributed by atoms with Gasteiger partial charge in [-0.25, -0.2) is 8.78 Å². The van der Waals surface area contributed by atoms with Gasteiger partial charge in [0, 0.05) is 25.3 Å². The molecular weight excluding hydrogens is 288 g/mol. The highest BCUT2D eigenvalue weighted by Crippen LogP contribution is 2.35. The molecule has 0 radical (unpaired) electrons. The molecule has 1 fully saturated rings. The van der Waals surface area contributed by atoms with Crippen LogP contribution in [0.3, 0.4) is 0 Å². The molecule has 1 saturated heterocycles. The summed E-state index contributed by atoms with van der Waals surface area (Å²) in [5, 5.41) is 9.52. The number of hydrogen-bond donors (Lipinski definition) is 1. The number of aliphatic hydroxyl groups is 1. The highest BCUT2D eigenvalue weighted by molar-refractivity contribution is 5.83. The maximum absolute atomic E-state index is 13.8. The molecule has 1 aliphatic heterocycles. The van der Waals surface area contributed by atoms with Crippen molar-refractivity contribution in [1.82, 2.24) is 4.90 Å². The fourth-order valence-electron chi connectivity index (χ4n) is 3.15. The van der Waals surface area contributed by atoms with E-state index < -0.39 is 17.6 Å². The summed E-state index contributed by atoms with van der Waals surface area (Å²) in [7, 11) is 0. The summed E-state index contributed by atoms with van der Waals surface area (Å²) in [6.07, 6.45) is 2.31. The molecule has 122 valence electrons. The molecule has 1 aliphatic rings. The van der Waals surface area contributed by atoms with Gasteiger partial charge in [0.05, 0.1) is 5.92 Å². The number of carbonyl (C=O) groups excluding carboxylic acids is 1. The monoisotopic (exact) mass is 311 g/mol. The number of hydrogen-bond acceptors (Lipinski definition) is 2. The van der Waals surface area contributed by atoms with Crippen LogP contribution in [0, 0.1) is 17.0 Å². The lowest BCUT2D eigenvalue weighted by Crippen LogP contribution is -2.45. The van der Waals surface area contributed by atoms with E-state index in [2.05, 4.69) is 0 Å². The number of halogens is 2. The average Bonchev–Trinajstić information content (AvgIpc) is 2.54. The molecule has 0 spiro atoms. The third-order valence-electron chi connectivity index (χ3n) is 5.02. The highest BCUT2D eigenvalue weighted by atomic mass is 19.1. The topological polar surface area (TPSA) is 40.5 Å². The van der Waals surface area contributed by atoms with Crippen LogP contribution in [0.2, 0.25) is 0 Å². The predicted molar refractivity (Wildman–Crippen MR) is 80.4 cm³/mol. The van der Waals surface area contributed by atoms with E-state index in [-0.39, 0.29) is 23.5 Å². The number of rotatable bonds is 4. The SMILES string of the molecule is CCC1(CO)CCN(C(=O)C(C)c2c(F)cccc2F)CC1. The molecule has 1 aromatic carbocycles. The Morgan fingerprint density at radius 3 is 2.32 bits per heavy atom. The lowest BCUT2D eigenvalue weighted by atomic mass is 9.76. The van der Waals surface area contributed by atoms with Crippen LogP contribution in [-0.2, 0) is 4.79 Å². The van der Waals surface area contributed by atoms with E-state index in [0.29, 0.717) is 13.1 Å². The third kappa shape index (κ3) is 3.14. The Kier molecular flexibility index (Phi) is 5.16. The number of nitrogens with zero attached hydrogens (tertiary/aromatic N) is 1. The van der Waals surface area contributed by atoms with Crippen LogP contribution in [0.25, 0.3) is 0 Å². The van der Waals surface area contributed by atoms with E-state index in [0.717, 1.165) is 19.3 Å². The van der Waals surface area contributed by atoms with Crippen molar-refractivity contribution < 1.29 is 18.7 Å². The van der Waals surface area contributed by atoms with Crippen molar-refractivity contribution in [3.63, 3.8) is 0 Å². The summed E-state index contributed by atoms with van der Waals surface area (Å²) in [5.41, 5.74) is -0.287. The van der Waals surface area contributed by atoms with Crippen LogP contribution in [0.15, 0.2) is 18.2 Å². The average molecular weight is 311 g/mol. The quantitative estimate of drug-likeness (QED) is 0.928. The minimum absolute atomic E-state index is 0.114. The van der Waals surface area contributed by atoms with Crippen molar-refractivity contribution in [3.05, 3.63) is 35.4 Å². The van der Waals surface area contributed by atoms with Crippen molar-refractivity contribution in [2.24, 2.45) is 5.41 Å². The van der Waals surface area contributed by atoms with E-state index in [1.165, 1.54) is 25.1 Å².